The van der Waals surface area contributed by atoms with Gasteiger partial charge < -0.3 is 15.6 Å². The molecule has 1 aromatic rings. The Hall–Kier alpha value is -1.06. The minimum atomic E-state index is -0.578. The third-order valence-corrected chi connectivity index (χ3v) is 3.24. The molecule has 0 aromatic heterocycles. The van der Waals surface area contributed by atoms with E-state index in [1.807, 2.05) is 6.92 Å². The Morgan fingerprint density at radius 1 is 1.21 bits per heavy atom. The van der Waals surface area contributed by atoms with Crippen LogP contribution in [0.3, 0.4) is 0 Å². The van der Waals surface area contributed by atoms with Crippen molar-refractivity contribution in [3.63, 3.8) is 0 Å². The van der Waals surface area contributed by atoms with E-state index in [0.29, 0.717) is 13.0 Å². The first-order valence-corrected chi connectivity index (χ1v) is 6.79. The van der Waals surface area contributed by atoms with Gasteiger partial charge in [-0.1, -0.05) is 32.9 Å². The van der Waals surface area contributed by atoms with Gasteiger partial charge in [0.25, 0.3) is 0 Å². The summed E-state index contributed by atoms with van der Waals surface area (Å²) in [5.74, 6) is 0.918. The second kappa shape index (κ2) is 5.93. The van der Waals surface area contributed by atoms with Crippen molar-refractivity contribution < 1.29 is 9.84 Å². The molecule has 108 valence electrons. The molecular weight excluding hydrogens is 238 g/mol. The van der Waals surface area contributed by atoms with Crippen molar-refractivity contribution in [1.29, 1.82) is 0 Å². The Labute approximate surface area is 116 Å². The van der Waals surface area contributed by atoms with Crippen LogP contribution < -0.4 is 10.5 Å². The van der Waals surface area contributed by atoms with E-state index >= 15 is 0 Å². The molecule has 0 amide bonds. The van der Waals surface area contributed by atoms with Crippen LogP contribution in [0.5, 0.6) is 5.75 Å². The fourth-order valence-corrected chi connectivity index (χ4v) is 1.84. The summed E-state index contributed by atoms with van der Waals surface area (Å²) in [6, 6.07) is 6.29. The molecule has 0 aliphatic rings. The summed E-state index contributed by atoms with van der Waals surface area (Å²) in [6.07, 6.45) is 0.626. The van der Waals surface area contributed by atoms with Crippen molar-refractivity contribution in [2.45, 2.75) is 52.0 Å². The summed E-state index contributed by atoms with van der Waals surface area (Å²) in [7, 11) is 0. The molecule has 0 heterocycles. The molecule has 0 spiro atoms. The Bertz CT molecular complexity index is 419. The maximum atomic E-state index is 9.14. The highest BCUT2D eigenvalue weighted by molar-refractivity contribution is 5.41. The van der Waals surface area contributed by atoms with E-state index in [4.69, 9.17) is 15.6 Å². The first-order chi connectivity index (χ1) is 8.65. The lowest BCUT2D eigenvalue weighted by Gasteiger charge is -2.25. The van der Waals surface area contributed by atoms with Gasteiger partial charge in [0.15, 0.2) is 0 Å². The molecule has 3 heteroatoms. The van der Waals surface area contributed by atoms with Crippen LogP contribution in [-0.2, 0) is 5.41 Å². The monoisotopic (exact) mass is 265 g/mol. The molecule has 0 bridgehead atoms. The van der Waals surface area contributed by atoms with Crippen molar-refractivity contribution in [1.82, 2.24) is 0 Å². The van der Waals surface area contributed by atoms with Gasteiger partial charge in [0.05, 0.1) is 13.2 Å². The van der Waals surface area contributed by atoms with E-state index in [0.717, 1.165) is 5.75 Å². The Morgan fingerprint density at radius 2 is 1.84 bits per heavy atom. The summed E-state index contributed by atoms with van der Waals surface area (Å²) in [4.78, 5) is 0. The number of aliphatic hydroxyl groups excluding tert-OH is 1. The topological polar surface area (TPSA) is 55.5 Å². The van der Waals surface area contributed by atoms with Crippen LogP contribution in [-0.4, -0.2) is 23.9 Å². The van der Waals surface area contributed by atoms with Crippen molar-refractivity contribution in [2.24, 2.45) is 5.73 Å². The van der Waals surface area contributed by atoms with Crippen molar-refractivity contribution in [3.05, 3.63) is 29.3 Å². The molecule has 1 rings (SSSR count). The number of aryl methyl sites for hydroxylation is 1. The zero-order valence-corrected chi connectivity index (χ0v) is 12.8. The lowest BCUT2D eigenvalue weighted by atomic mass is 9.86. The highest BCUT2D eigenvalue weighted by atomic mass is 16.5. The zero-order valence-electron chi connectivity index (χ0n) is 12.8. The van der Waals surface area contributed by atoms with Crippen molar-refractivity contribution in [3.8, 4) is 5.75 Å². The molecule has 0 saturated heterocycles. The van der Waals surface area contributed by atoms with Gasteiger partial charge >= 0.3 is 0 Å². The maximum Gasteiger partial charge on any atom is 0.123 e. The number of rotatable bonds is 5. The summed E-state index contributed by atoms with van der Waals surface area (Å²) in [5, 5.41) is 9.14. The van der Waals surface area contributed by atoms with Gasteiger partial charge in [-0.3, -0.25) is 0 Å². The predicted octanol–water partition coefficient (Wildman–Crippen LogP) is 2.77. The fourth-order valence-electron chi connectivity index (χ4n) is 1.84. The molecule has 19 heavy (non-hydrogen) atoms. The molecule has 0 radical (unpaired) electrons. The van der Waals surface area contributed by atoms with E-state index in [-0.39, 0.29) is 12.0 Å². The smallest absolute Gasteiger partial charge is 0.123 e. The standard InChI is InChI=1S/C16H27NO2/c1-12-6-7-13(15(2,3)4)14(10-12)19-9-8-16(5,17)11-18/h6-7,10,18H,8-9,11,17H2,1-5H3. The number of ether oxygens (including phenoxy) is 1. The Balaban J connectivity index is 2.80. The maximum absolute atomic E-state index is 9.14. The third-order valence-electron chi connectivity index (χ3n) is 3.24. The number of hydrogen-bond donors (Lipinski definition) is 2. The van der Waals surface area contributed by atoms with E-state index in [2.05, 4.69) is 45.9 Å². The number of aliphatic hydroxyl groups is 1. The van der Waals surface area contributed by atoms with E-state index < -0.39 is 5.54 Å². The van der Waals surface area contributed by atoms with Crippen LogP contribution in [0.1, 0.15) is 45.2 Å². The van der Waals surface area contributed by atoms with E-state index in [1.54, 1.807) is 0 Å². The van der Waals surface area contributed by atoms with Gasteiger partial charge in [-0.2, -0.15) is 0 Å². The largest absolute Gasteiger partial charge is 0.493 e. The van der Waals surface area contributed by atoms with Crippen LogP contribution in [0.4, 0.5) is 0 Å². The lowest BCUT2D eigenvalue weighted by molar-refractivity contribution is 0.174. The molecule has 1 atom stereocenters. The minimum Gasteiger partial charge on any atom is -0.493 e. The second-order valence-corrected chi connectivity index (χ2v) is 6.66. The zero-order chi connectivity index (χ0) is 14.7. The van der Waals surface area contributed by atoms with Crippen LogP contribution in [0, 0.1) is 6.92 Å². The number of nitrogens with two attached hydrogens (primary N) is 1. The summed E-state index contributed by atoms with van der Waals surface area (Å²) in [5.41, 5.74) is 7.75. The molecule has 3 N–H and O–H groups in total. The summed E-state index contributed by atoms with van der Waals surface area (Å²) < 4.78 is 5.89. The average molecular weight is 265 g/mol. The average Bonchev–Trinajstić information content (AvgIpc) is 2.27. The summed E-state index contributed by atoms with van der Waals surface area (Å²) in [6.45, 7) is 10.9. The predicted molar refractivity (Wildman–Crippen MR) is 79.7 cm³/mol. The van der Waals surface area contributed by atoms with Crippen LogP contribution >= 0.6 is 0 Å². The molecular formula is C16H27NO2. The third kappa shape index (κ3) is 4.84. The number of hydrogen-bond acceptors (Lipinski definition) is 3. The van der Waals surface area contributed by atoms with Gasteiger partial charge in [-0.15, -0.1) is 0 Å². The molecule has 0 saturated carbocycles. The molecule has 1 unspecified atom stereocenters. The van der Waals surface area contributed by atoms with E-state index in [9.17, 15) is 0 Å². The van der Waals surface area contributed by atoms with Gasteiger partial charge in [0.1, 0.15) is 5.75 Å². The minimum absolute atomic E-state index is 0.0314. The lowest BCUT2D eigenvalue weighted by Crippen LogP contribution is -2.41. The molecule has 1 aromatic carbocycles. The van der Waals surface area contributed by atoms with Gasteiger partial charge in [0.2, 0.25) is 0 Å². The first-order valence-electron chi connectivity index (χ1n) is 6.79. The van der Waals surface area contributed by atoms with Crippen molar-refractivity contribution >= 4 is 0 Å². The second-order valence-electron chi connectivity index (χ2n) is 6.66. The fraction of sp³-hybridized carbons (Fsp3) is 0.625. The molecule has 0 aliphatic carbocycles. The van der Waals surface area contributed by atoms with Gasteiger partial charge in [-0.25, -0.2) is 0 Å². The normalized spacial score (nSPS) is 15.1. The Morgan fingerprint density at radius 3 is 2.37 bits per heavy atom. The first kappa shape index (κ1) is 16.0. The number of benzene rings is 1. The van der Waals surface area contributed by atoms with E-state index in [1.165, 1.54) is 11.1 Å². The van der Waals surface area contributed by atoms with Crippen LogP contribution in [0.2, 0.25) is 0 Å². The molecule has 0 aliphatic heterocycles. The molecule has 3 nitrogen and oxygen atoms in total. The SMILES string of the molecule is Cc1ccc(C(C)(C)C)c(OCCC(C)(N)CO)c1. The van der Waals surface area contributed by atoms with Crippen LogP contribution in [0.15, 0.2) is 18.2 Å². The van der Waals surface area contributed by atoms with Gasteiger partial charge in [-0.05, 0) is 36.5 Å². The van der Waals surface area contributed by atoms with Gasteiger partial charge in [0, 0.05) is 12.0 Å². The molecule has 0 fully saturated rings. The quantitative estimate of drug-likeness (QED) is 0.860. The highest BCUT2D eigenvalue weighted by Crippen LogP contribution is 2.32. The van der Waals surface area contributed by atoms with Crippen molar-refractivity contribution in [2.75, 3.05) is 13.2 Å². The van der Waals surface area contributed by atoms with Crippen LogP contribution in [0.25, 0.3) is 0 Å². The Kier molecular flexibility index (Phi) is 4.99. The summed E-state index contributed by atoms with van der Waals surface area (Å²) >= 11 is 0. The highest BCUT2D eigenvalue weighted by Gasteiger charge is 2.20.